The van der Waals surface area contributed by atoms with Gasteiger partial charge < -0.3 is 15.5 Å². The van der Waals surface area contributed by atoms with Gasteiger partial charge in [0.15, 0.2) is 0 Å². The molecule has 2 aromatic rings. The predicted molar refractivity (Wildman–Crippen MR) is 61.0 cm³/mol. The highest BCUT2D eigenvalue weighted by Crippen LogP contribution is 2.21. The van der Waals surface area contributed by atoms with Gasteiger partial charge in [0.2, 0.25) is 0 Å². The predicted octanol–water partition coefficient (Wildman–Crippen LogP) is 0.945. The average Bonchev–Trinajstić information content (AvgIpc) is 2.75. The van der Waals surface area contributed by atoms with Crippen molar-refractivity contribution in [2.45, 2.75) is 0 Å². The smallest absolute Gasteiger partial charge is 0.257 e. The molecule has 1 heterocycles. The molecule has 0 bridgehead atoms. The van der Waals surface area contributed by atoms with Crippen LogP contribution in [0.2, 0.25) is 0 Å². The minimum absolute atomic E-state index is 0.0611. The maximum Gasteiger partial charge on any atom is 0.257 e. The Bertz CT molecular complexity index is 622. The van der Waals surface area contributed by atoms with Crippen LogP contribution in [0.3, 0.4) is 0 Å². The molecule has 90 valence electrons. The molecule has 1 amide bonds. The van der Waals surface area contributed by atoms with Gasteiger partial charge in [0.05, 0.1) is 6.20 Å². The van der Waals surface area contributed by atoms with Crippen molar-refractivity contribution in [1.29, 1.82) is 5.26 Å². The van der Waals surface area contributed by atoms with Crippen LogP contribution < -0.4 is 5.32 Å². The van der Waals surface area contributed by atoms with E-state index in [-0.39, 0.29) is 28.4 Å². The van der Waals surface area contributed by atoms with Gasteiger partial charge in [-0.05, 0) is 12.1 Å². The van der Waals surface area contributed by atoms with Gasteiger partial charge in [-0.2, -0.15) is 10.4 Å². The zero-order valence-electron chi connectivity index (χ0n) is 9.01. The Morgan fingerprint density at radius 1 is 1.33 bits per heavy atom. The van der Waals surface area contributed by atoms with Crippen molar-refractivity contribution in [3.8, 4) is 17.6 Å². The lowest BCUT2D eigenvalue weighted by molar-refractivity contribution is 0.102. The monoisotopic (exact) mass is 244 g/mol. The summed E-state index contributed by atoms with van der Waals surface area (Å²) in [6.45, 7) is 0. The number of benzene rings is 1. The van der Waals surface area contributed by atoms with Crippen LogP contribution in [0.15, 0.2) is 24.4 Å². The lowest BCUT2D eigenvalue weighted by Crippen LogP contribution is -2.12. The number of nitrogens with one attached hydrogen (secondary N) is 2. The van der Waals surface area contributed by atoms with Crippen LogP contribution in [0, 0.1) is 11.3 Å². The standard InChI is InChI=1S/C11H8N4O3/c12-4-7-5-13-15-10(7)14-11(18)6-1-8(16)3-9(17)2-6/h1-3,5,16-17H,(H2,13,14,15,18). The summed E-state index contributed by atoms with van der Waals surface area (Å²) < 4.78 is 0. The number of hydrogen-bond donors (Lipinski definition) is 4. The Morgan fingerprint density at radius 3 is 2.61 bits per heavy atom. The van der Waals surface area contributed by atoms with E-state index in [4.69, 9.17) is 5.26 Å². The van der Waals surface area contributed by atoms with Crippen LogP contribution in [-0.4, -0.2) is 26.3 Å². The van der Waals surface area contributed by atoms with Gasteiger partial charge in [-0.15, -0.1) is 0 Å². The number of carbonyl (C=O) groups is 1. The third-order valence-electron chi connectivity index (χ3n) is 2.16. The molecule has 0 atom stereocenters. The van der Waals surface area contributed by atoms with Crippen molar-refractivity contribution in [3.63, 3.8) is 0 Å². The molecule has 2 rings (SSSR count). The molecule has 1 aromatic heterocycles. The molecule has 7 nitrogen and oxygen atoms in total. The van der Waals surface area contributed by atoms with Crippen molar-refractivity contribution in [2.24, 2.45) is 0 Å². The zero-order valence-corrected chi connectivity index (χ0v) is 9.01. The largest absolute Gasteiger partial charge is 0.508 e. The summed E-state index contributed by atoms with van der Waals surface area (Å²) in [5.74, 6) is -0.886. The third-order valence-corrected chi connectivity index (χ3v) is 2.16. The topological polar surface area (TPSA) is 122 Å². The molecule has 0 saturated carbocycles. The first-order valence-electron chi connectivity index (χ1n) is 4.88. The number of nitriles is 1. The third kappa shape index (κ3) is 2.22. The minimum atomic E-state index is -0.582. The van der Waals surface area contributed by atoms with Crippen molar-refractivity contribution < 1.29 is 15.0 Å². The highest BCUT2D eigenvalue weighted by Gasteiger charge is 2.12. The summed E-state index contributed by atoms with van der Waals surface area (Å²) >= 11 is 0. The fraction of sp³-hybridized carbons (Fsp3) is 0. The number of hydrogen-bond acceptors (Lipinski definition) is 5. The number of rotatable bonds is 2. The highest BCUT2D eigenvalue weighted by atomic mass is 16.3. The summed E-state index contributed by atoms with van der Waals surface area (Å²) in [6, 6.07) is 5.34. The molecule has 0 radical (unpaired) electrons. The molecule has 7 heteroatoms. The maximum absolute atomic E-state index is 11.8. The number of carbonyl (C=O) groups excluding carboxylic acids is 1. The number of H-pyrrole nitrogens is 1. The number of amides is 1. The van der Waals surface area contributed by atoms with Crippen LogP contribution in [0.25, 0.3) is 0 Å². The molecule has 0 aliphatic carbocycles. The van der Waals surface area contributed by atoms with Crippen LogP contribution >= 0.6 is 0 Å². The summed E-state index contributed by atoms with van der Waals surface area (Å²) in [5.41, 5.74) is 0.249. The molecule has 18 heavy (non-hydrogen) atoms. The molecule has 0 saturated heterocycles. The van der Waals surface area contributed by atoms with Crippen LogP contribution in [0.1, 0.15) is 15.9 Å². The van der Waals surface area contributed by atoms with E-state index in [2.05, 4.69) is 15.5 Å². The Hall–Kier alpha value is -3.01. The number of nitrogens with zero attached hydrogens (tertiary/aromatic N) is 2. The summed E-state index contributed by atoms with van der Waals surface area (Å²) in [7, 11) is 0. The lowest BCUT2D eigenvalue weighted by atomic mass is 10.2. The summed E-state index contributed by atoms with van der Waals surface area (Å²) in [4.78, 5) is 11.8. The van der Waals surface area contributed by atoms with Crippen LogP contribution in [0.5, 0.6) is 11.5 Å². The zero-order chi connectivity index (χ0) is 13.1. The lowest BCUT2D eigenvalue weighted by Gasteiger charge is -2.04. The second kappa shape index (κ2) is 4.47. The molecule has 4 N–H and O–H groups in total. The van der Waals surface area contributed by atoms with E-state index in [1.165, 1.54) is 18.3 Å². The number of aromatic hydroxyl groups is 2. The van der Waals surface area contributed by atoms with Crippen LogP contribution in [-0.2, 0) is 0 Å². The first-order chi connectivity index (χ1) is 8.60. The molecule has 1 aromatic carbocycles. The first kappa shape index (κ1) is 11.5. The van der Waals surface area contributed by atoms with Gasteiger partial charge in [-0.25, -0.2) is 0 Å². The number of anilines is 1. The van der Waals surface area contributed by atoms with E-state index >= 15 is 0 Å². The number of phenols is 2. The maximum atomic E-state index is 11.8. The quantitative estimate of drug-likeness (QED) is 0.626. The van der Waals surface area contributed by atoms with Crippen molar-refractivity contribution >= 4 is 11.7 Å². The van der Waals surface area contributed by atoms with Gasteiger partial charge in [0.1, 0.15) is 28.9 Å². The first-order valence-corrected chi connectivity index (χ1v) is 4.88. The van der Waals surface area contributed by atoms with Gasteiger partial charge >= 0.3 is 0 Å². The molecule has 0 aliphatic heterocycles. The summed E-state index contributed by atoms with van der Waals surface area (Å²) in [5, 5.41) is 35.7. The second-order valence-electron chi connectivity index (χ2n) is 3.46. The van der Waals surface area contributed by atoms with E-state index in [0.717, 1.165) is 6.07 Å². The van der Waals surface area contributed by atoms with Crippen molar-refractivity contribution in [1.82, 2.24) is 10.2 Å². The minimum Gasteiger partial charge on any atom is -0.508 e. The Morgan fingerprint density at radius 2 is 2.00 bits per heavy atom. The fourth-order valence-electron chi connectivity index (χ4n) is 1.38. The SMILES string of the molecule is N#Cc1cn[nH]c1NC(=O)c1cc(O)cc(O)c1. The van der Waals surface area contributed by atoms with E-state index in [9.17, 15) is 15.0 Å². The van der Waals surface area contributed by atoms with Crippen molar-refractivity contribution in [3.05, 3.63) is 35.5 Å². The average molecular weight is 244 g/mol. The van der Waals surface area contributed by atoms with Gasteiger partial charge in [-0.1, -0.05) is 0 Å². The number of aromatic amines is 1. The number of aromatic nitrogens is 2. The highest BCUT2D eigenvalue weighted by molar-refractivity contribution is 6.04. The van der Waals surface area contributed by atoms with Gasteiger partial charge in [-0.3, -0.25) is 9.89 Å². The number of phenolic OH excluding ortho intramolecular Hbond substituents is 2. The van der Waals surface area contributed by atoms with E-state index in [1.807, 2.05) is 6.07 Å². The van der Waals surface area contributed by atoms with Gasteiger partial charge in [0, 0.05) is 11.6 Å². The van der Waals surface area contributed by atoms with Crippen molar-refractivity contribution in [2.75, 3.05) is 5.32 Å². The molecule has 0 spiro atoms. The molecular weight excluding hydrogens is 236 g/mol. The Kier molecular flexibility index (Phi) is 2.85. The van der Waals surface area contributed by atoms with E-state index in [1.54, 1.807) is 0 Å². The van der Waals surface area contributed by atoms with E-state index < -0.39 is 5.91 Å². The fourth-order valence-corrected chi connectivity index (χ4v) is 1.38. The van der Waals surface area contributed by atoms with Crippen LogP contribution in [0.4, 0.5) is 5.82 Å². The Labute approximate surface area is 101 Å². The molecule has 0 unspecified atom stereocenters. The summed E-state index contributed by atoms with van der Waals surface area (Å²) in [6.07, 6.45) is 1.27. The molecule has 0 fully saturated rings. The second-order valence-corrected chi connectivity index (χ2v) is 3.46. The molecule has 0 aliphatic rings. The van der Waals surface area contributed by atoms with E-state index in [0.29, 0.717) is 0 Å². The van der Waals surface area contributed by atoms with Gasteiger partial charge in [0.25, 0.3) is 5.91 Å². The molecular formula is C11H8N4O3. The Balaban J connectivity index is 2.25. The normalized spacial score (nSPS) is 9.72.